The number of carboxylic acids is 1. The fourth-order valence-electron chi connectivity index (χ4n) is 2.63. The minimum Gasteiger partial charge on any atom is -0.480 e. The predicted octanol–water partition coefficient (Wildman–Crippen LogP) is 3.65. The normalized spacial score (nSPS) is 11.8. The molecule has 0 saturated heterocycles. The highest BCUT2D eigenvalue weighted by Gasteiger charge is 2.23. The second-order valence-corrected chi connectivity index (χ2v) is 6.43. The van der Waals surface area contributed by atoms with Gasteiger partial charge >= 0.3 is 5.97 Å². The smallest absolute Gasteiger partial charge is 0.328 e. The Balaban J connectivity index is 1.59. The van der Waals surface area contributed by atoms with Crippen molar-refractivity contribution in [3.63, 3.8) is 0 Å². The van der Waals surface area contributed by atoms with Gasteiger partial charge in [0.25, 0.3) is 5.91 Å². The van der Waals surface area contributed by atoms with Crippen LogP contribution in [0.15, 0.2) is 71.3 Å². The lowest BCUT2D eigenvalue weighted by Crippen LogP contribution is -2.43. The van der Waals surface area contributed by atoms with Gasteiger partial charge in [0.1, 0.15) is 0 Å². The first-order valence-corrected chi connectivity index (χ1v) is 8.84. The van der Waals surface area contributed by atoms with E-state index in [1.165, 1.54) is 6.26 Å². The summed E-state index contributed by atoms with van der Waals surface area (Å²) < 4.78 is 10.8. The molecule has 2 aromatic carbocycles. The summed E-state index contributed by atoms with van der Waals surface area (Å²) in [6, 6.07) is 17.6. The molecule has 0 fully saturated rings. The Kier molecular flexibility index (Phi) is 6.24. The van der Waals surface area contributed by atoms with Crippen molar-refractivity contribution in [3.8, 4) is 11.1 Å². The molecule has 28 heavy (non-hydrogen) atoms. The van der Waals surface area contributed by atoms with Crippen LogP contribution in [-0.4, -0.2) is 29.6 Å². The molecule has 0 radical (unpaired) electrons. The number of ether oxygens (including phenoxy) is 1. The van der Waals surface area contributed by atoms with E-state index in [9.17, 15) is 14.7 Å². The SMILES string of the molecule is Cc1ccc(-c2coc(C(=O)NC(COCc3ccccc3)C(=O)O)c2)cc1. The molecule has 0 aliphatic heterocycles. The van der Waals surface area contributed by atoms with Crippen molar-refractivity contribution in [2.45, 2.75) is 19.6 Å². The van der Waals surface area contributed by atoms with Crippen LogP contribution in [0.25, 0.3) is 11.1 Å². The predicted molar refractivity (Wildman–Crippen MR) is 104 cm³/mol. The topological polar surface area (TPSA) is 88.8 Å². The van der Waals surface area contributed by atoms with Crippen LogP contribution >= 0.6 is 0 Å². The zero-order valence-corrected chi connectivity index (χ0v) is 15.4. The molecular formula is C22H21NO5. The highest BCUT2D eigenvalue weighted by atomic mass is 16.5. The van der Waals surface area contributed by atoms with Gasteiger partial charge in [0, 0.05) is 5.56 Å². The molecule has 0 spiro atoms. The van der Waals surface area contributed by atoms with Crippen molar-refractivity contribution in [1.29, 1.82) is 0 Å². The van der Waals surface area contributed by atoms with Crippen LogP contribution in [0.2, 0.25) is 0 Å². The number of carbonyl (C=O) groups excluding carboxylic acids is 1. The van der Waals surface area contributed by atoms with Gasteiger partial charge in [-0.15, -0.1) is 0 Å². The molecule has 0 saturated carbocycles. The number of benzene rings is 2. The molecule has 1 unspecified atom stereocenters. The van der Waals surface area contributed by atoms with Crippen molar-refractivity contribution in [2.75, 3.05) is 6.61 Å². The van der Waals surface area contributed by atoms with Gasteiger partial charge in [-0.05, 0) is 24.1 Å². The van der Waals surface area contributed by atoms with E-state index < -0.39 is 17.9 Å². The average molecular weight is 379 g/mol. The quantitative estimate of drug-likeness (QED) is 0.624. The molecule has 3 aromatic rings. The van der Waals surface area contributed by atoms with E-state index in [1.54, 1.807) is 6.07 Å². The highest BCUT2D eigenvalue weighted by Crippen LogP contribution is 2.22. The van der Waals surface area contributed by atoms with Gasteiger partial charge in [-0.25, -0.2) is 4.79 Å². The second-order valence-electron chi connectivity index (χ2n) is 6.43. The first kappa shape index (κ1) is 19.4. The zero-order valence-electron chi connectivity index (χ0n) is 15.4. The number of hydrogen-bond acceptors (Lipinski definition) is 4. The summed E-state index contributed by atoms with van der Waals surface area (Å²) in [5.41, 5.74) is 3.71. The fraction of sp³-hybridized carbons (Fsp3) is 0.182. The van der Waals surface area contributed by atoms with E-state index in [-0.39, 0.29) is 19.0 Å². The Hall–Kier alpha value is -3.38. The third-order valence-corrected chi connectivity index (χ3v) is 4.21. The van der Waals surface area contributed by atoms with E-state index in [2.05, 4.69) is 5.32 Å². The van der Waals surface area contributed by atoms with Crippen molar-refractivity contribution in [2.24, 2.45) is 0 Å². The minimum absolute atomic E-state index is 0.0462. The van der Waals surface area contributed by atoms with Gasteiger partial charge in [-0.3, -0.25) is 4.79 Å². The molecule has 6 nitrogen and oxygen atoms in total. The summed E-state index contributed by atoms with van der Waals surface area (Å²) in [6.45, 7) is 2.10. The summed E-state index contributed by atoms with van der Waals surface area (Å²) in [6.07, 6.45) is 1.47. The number of furan rings is 1. The summed E-state index contributed by atoms with van der Waals surface area (Å²) in [5, 5.41) is 11.8. The van der Waals surface area contributed by atoms with E-state index in [4.69, 9.17) is 9.15 Å². The highest BCUT2D eigenvalue weighted by molar-refractivity contribution is 5.95. The molecule has 144 valence electrons. The lowest BCUT2D eigenvalue weighted by atomic mass is 10.1. The number of hydrogen-bond donors (Lipinski definition) is 2. The van der Waals surface area contributed by atoms with E-state index in [0.717, 1.165) is 22.3 Å². The summed E-state index contributed by atoms with van der Waals surface area (Å²) in [5.74, 6) is -1.73. The standard InChI is InChI=1S/C22H21NO5/c1-15-7-9-17(10-8-15)18-11-20(28-13-18)21(24)23-19(22(25)26)14-27-12-16-5-3-2-4-6-16/h2-11,13,19H,12,14H2,1H3,(H,23,24)(H,25,26). The number of carboxylic acid groups (broad SMARTS) is 1. The van der Waals surface area contributed by atoms with Crippen LogP contribution in [0.4, 0.5) is 0 Å². The van der Waals surface area contributed by atoms with Crippen molar-refractivity contribution in [3.05, 3.63) is 83.8 Å². The number of carbonyl (C=O) groups is 2. The summed E-state index contributed by atoms with van der Waals surface area (Å²) in [4.78, 5) is 23.8. The van der Waals surface area contributed by atoms with Crippen molar-refractivity contribution >= 4 is 11.9 Å². The Bertz CT molecular complexity index is 931. The van der Waals surface area contributed by atoms with Crippen molar-refractivity contribution < 1.29 is 23.8 Å². The van der Waals surface area contributed by atoms with Crippen molar-refractivity contribution in [1.82, 2.24) is 5.32 Å². The maximum atomic E-state index is 12.4. The first-order valence-electron chi connectivity index (χ1n) is 8.84. The van der Waals surface area contributed by atoms with Gasteiger partial charge in [0.2, 0.25) is 0 Å². The number of rotatable bonds is 8. The molecule has 1 amide bonds. The van der Waals surface area contributed by atoms with Gasteiger partial charge in [0.05, 0.1) is 19.5 Å². The number of amides is 1. The Morgan fingerprint density at radius 2 is 1.79 bits per heavy atom. The van der Waals surface area contributed by atoms with Gasteiger partial charge in [0.15, 0.2) is 11.8 Å². The maximum Gasteiger partial charge on any atom is 0.328 e. The lowest BCUT2D eigenvalue weighted by Gasteiger charge is -2.14. The van der Waals surface area contributed by atoms with Gasteiger partial charge in [-0.1, -0.05) is 60.2 Å². The van der Waals surface area contributed by atoms with Gasteiger partial charge in [-0.2, -0.15) is 0 Å². The van der Waals surface area contributed by atoms with E-state index in [1.807, 2.05) is 61.5 Å². The average Bonchev–Trinajstić information content (AvgIpc) is 3.19. The second kappa shape index (κ2) is 9.01. The van der Waals surface area contributed by atoms with Crippen LogP contribution in [0, 0.1) is 6.92 Å². The lowest BCUT2D eigenvalue weighted by molar-refractivity contribution is -0.141. The number of aliphatic carboxylic acids is 1. The zero-order chi connectivity index (χ0) is 19.9. The maximum absolute atomic E-state index is 12.4. The summed E-state index contributed by atoms with van der Waals surface area (Å²) in [7, 11) is 0. The van der Waals surface area contributed by atoms with Crippen LogP contribution in [0.1, 0.15) is 21.7 Å². The third-order valence-electron chi connectivity index (χ3n) is 4.21. The largest absolute Gasteiger partial charge is 0.480 e. The number of nitrogens with one attached hydrogen (secondary N) is 1. The molecule has 0 aliphatic rings. The van der Waals surface area contributed by atoms with E-state index in [0.29, 0.717) is 0 Å². The fourth-order valence-corrected chi connectivity index (χ4v) is 2.63. The molecule has 1 heterocycles. The molecular weight excluding hydrogens is 358 g/mol. The molecule has 2 N–H and O–H groups in total. The monoisotopic (exact) mass is 379 g/mol. The Morgan fingerprint density at radius 3 is 2.46 bits per heavy atom. The molecule has 0 bridgehead atoms. The van der Waals surface area contributed by atoms with Crippen LogP contribution in [-0.2, 0) is 16.1 Å². The van der Waals surface area contributed by atoms with Crippen LogP contribution in [0.3, 0.4) is 0 Å². The summed E-state index contributed by atoms with van der Waals surface area (Å²) >= 11 is 0. The molecule has 1 atom stereocenters. The van der Waals surface area contributed by atoms with E-state index >= 15 is 0 Å². The number of aryl methyl sites for hydroxylation is 1. The van der Waals surface area contributed by atoms with Crippen LogP contribution < -0.4 is 5.32 Å². The Morgan fingerprint density at radius 1 is 1.07 bits per heavy atom. The third kappa shape index (κ3) is 5.08. The van der Waals surface area contributed by atoms with Gasteiger partial charge < -0.3 is 19.6 Å². The molecule has 3 rings (SSSR count). The molecule has 6 heteroatoms. The van der Waals surface area contributed by atoms with Crippen LogP contribution in [0.5, 0.6) is 0 Å². The first-order chi connectivity index (χ1) is 13.5. The molecule has 1 aromatic heterocycles. The molecule has 0 aliphatic carbocycles. The minimum atomic E-state index is -1.18. The Labute approximate surface area is 162 Å².